The molecule has 26 heavy (non-hydrogen) atoms. The maximum Gasteiger partial charge on any atom is 0.407 e. The number of hydrogen-bond donors (Lipinski definition) is 2. The van der Waals surface area contributed by atoms with Crippen molar-refractivity contribution >= 4 is 34.6 Å². The molecule has 0 bridgehead atoms. The Morgan fingerprint density at radius 3 is 2.31 bits per heavy atom. The number of hydrogen-bond acceptors (Lipinski definition) is 5. The van der Waals surface area contributed by atoms with Crippen LogP contribution in [-0.4, -0.2) is 45.4 Å². The highest BCUT2D eigenvalue weighted by Crippen LogP contribution is 2.31. The number of nitrogens with one attached hydrogen (secondary N) is 2. The van der Waals surface area contributed by atoms with Crippen LogP contribution in [-0.2, 0) is 4.74 Å². The quantitative estimate of drug-likeness (QED) is 0.533. The zero-order valence-electron chi connectivity index (χ0n) is 15.8. The molecule has 1 rings (SSSR count). The van der Waals surface area contributed by atoms with E-state index in [2.05, 4.69) is 47.1 Å². The summed E-state index contributed by atoms with van der Waals surface area (Å²) in [5.74, 6) is 1.17. The monoisotopic (exact) mass is 478 g/mol. The van der Waals surface area contributed by atoms with Crippen LogP contribution in [0.5, 0.6) is 11.5 Å². The van der Waals surface area contributed by atoms with E-state index in [1.54, 1.807) is 26.2 Å². The van der Waals surface area contributed by atoms with Crippen molar-refractivity contribution in [1.29, 1.82) is 0 Å². The summed E-state index contributed by atoms with van der Waals surface area (Å²) in [6.45, 7) is 6.46. The van der Waals surface area contributed by atoms with Gasteiger partial charge in [0, 0.05) is 16.2 Å². The van der Waals surface area contributed by atoms with Crippen molar-refractivity contribution in [3.8, 4) is 11.5 Å². The van der Waals surface area contributed by atoms with E-state index >= 15 is 0 Å². The van der Waals surface area contributed by atoms with Crippen LogP contribution in [0, 0.1) is 9.49 Å². The summed E-state index contributed by atoms with van der Waals surface area (Å²) in [7, 11) is 3.07. The van der Waals surface area contributed by atoms with Crippen LogP contribution >= 0.6 is 22.6 Å². The van der Waals surface area contributed by atoms with Crippen LogP contribution in [0.4, 0.5) is 4.79 Å². The maximum atomic E-state index is 12.6. The van der Waals surface area contributed by atoms with E-state index < -0.39 is 6.09 Å². The first-order valence-electron chi connectivity index (χ1n) is 8.45. The smallest absolute Gasteiger partial charge is 0.407 e. The van der Waals surface area contributed by atoms with Crippen molar-refractivity contribution in [2.45, 2.75) is 33.2 Å². The van der Waals surface area contributed by atoms with Crippen molar-refractivity contribution in [3.63, 3.8) is 0 Å². The number of ether oxygens (including phenoxy) is 3. The zero-order chi connectivity index (χ0) is 19.7. The molecule has 7 nitrogen and oxygen atoms in total. The summed E-state index contributed by atoms with van der Waals surface area (Å²) in [5, 5.41) is 5.66. The Hall–Kier alpha value is -1.71. The van der Waals surface area contributed by atoms with Gasteiger partial charge in [0.25, 0.3) is 5.91 Å². The van der Waals surface area contributed by atoms with Gasteiger partial charge in [-0.2, -0.15) is 0 Å². The third kappa shape index (κ3) is 6.89. The fraction of sp³-hybridized carbons (Fsp3) is 0.556. The van der Waals surface area contributed by atoms with Gasteiger partial charge in [-0.3, -0.25) is 4.79 Å². The van der Waals surface area contributed by atoms with Crippen molar-refractivity contribution in [3.05, 3.63) is 21.3 Å². The van der Waals surface area contributed by atoms with Crippen molar-refractivity contribution in [2.24, 2.45) is 5.92 Å². The number of methoxy groups -OCH3 is 2. The number of amides is 2. The molecule has 0 spiro atoms. The minimum absolute atomic E-state index is 0.212. The van der Waals surface area contributed by atoms with Gasteiger partial charge in [-0.25, -0.2) is 4.79 Å². The molecule has 146 valence electrons. The molecule has 1 atom stereocenters. The Kier molecular flexibility index (Phi) is 9.53. The maximum absolute atomic E-state index is 12.6. The first-order valence-corrected chi connectivity index (χ1v) is 9.53. The highest BCUT2D eigenvalue weighted by Gasteiger charge is 2.19. The Morgan fingerprint density at radius 1 is 1.15 bits per heavy atom. The molecule has 0 saturated heterocycles. The van der Waals surface area contributed by atoms with E-state index in [4.69, 9.17) is 14.2 Å². The molecule has 0 aliphatic rings. The van der Waals surface area contributed by atoms with Crippen LogP contribution < -0.4 is 20.1 Å². The van der Waals surface area contributed by atoms with Gasteiger partial charge < -0.3 is 24.8 Å². The van der Waals surface area contributed by atoms with Gasteiger partial charge in [0.15, 0.2) is 11.5 Å². The molecule has 0 aliphatic carbocycles. The summed E-state index contributed by atoms with van der Waals surface area (Å²) in [4.78, 5) is 24.3. The highest BCUT2D eigenvalue weighted by atomic mass is 127. The van der Waals surface area contributed by atoms with Crippen molar-refractivity contribution < 1.29 is 23.8 Å². The molecule has 2 amide bonds. The summed E-state index contributed by atoms with van der Waals surface area (Å²) < 4.78 is 16.2. The SMILES string of the molecule is CCOC(=O)NC(CNC(=O)c1cc(OC)c(OC)cc1I)CC(C)C. The first kappa shape index (κ1) is 22.3. The number of carbonyl (C=O) groups is 2. The molecule has 0 fully saturated rings. The third-order valence-electron chi connectivity index (χ3n) is 3.58. The molecule has 1 unspecified atom stereocenters. The van der Waals surface area contributed by atoms with Gasteiger partial charge in [-0.05, 0) is 54.0 Å². The second-order valence-corrected chi connectivity index (χ2v) is 7.25. The van der Waals surface area contributed by atoms with Gasteiger partial charge in [-0.1, -0.05) is 13.8 Å². The molecule has 1 aromatic rings. The normalized spacial score (nSPS) is 11.7. The molecular weight excluding hydrogens is 451 g/mol. The topological polar surface area (TPSA) is 85.9 Å². The van der Waals surface area contributed by atoms with Gasteiger partial charge in [0.1, 0.15) is 0 Å². The predicted molar refractivity (Wildman–Crippen MR) is 108 cm³/mol. The Bertz CT molecular complexity index is 622. The molecule has 8 heteroatoms. The minimum Gasteiger partial charge on any atom is -0.493 e. The second-order valence-electron chi connectivity index (χ2n) is 6.09. The predicted octanol–water partition coefficient (Wildman–Crippen LogP) is 3.20. The van der Waals surface area contributed by atoms with E-state index in [1.807, 2.05) is 0 Å². The first-order chi connectivity index (χ1) is 12.3. The standard InChI is InChI=1S/C18H27IN2O5/c1-6-26-18(23)21-12(7-11(2)3)10-20-17(22)13-8-15(24-4)16(25-5)9-14(13)19/h8-9,11-12H,6-7,10H2,1-5H3,(H,20,22)(H,21,23). The van der Waals surface area contributed by atoms with Crippen LogP contribution in [0.2, 0.25) is 0 Å². The lowest BCUT2D eigenvalue weighted by atomic mass is 10.0. The fourth-order valence-corrected chi connectivity index (χ4v) is 3.12. The average molecular weight is 478 g/mol. The lowest BCUT2D eigenvalue weighted by Gasteiger charge is -2.21. The second kappa shape index (κ2) is 11.1. The van der Waals surface area contributed by atoms with Crippen molar-refractivity contribution in [1.82, 2.24) is 10.6 Å². The minimum atomic E-state index is -0.479. The lowest BCUT2D eigenvalue weighted by Crippen LogP contribution is -2.44. The van der Waals surface area contributed by atoms with Crippen LogP contribution in [0.15, 0.2) is 12.1 Å². The molecule has 0 saturated carbocycles. The van der Waals surface area contributed by atoms with Crippen molar-refractivity contribution in [2.75, 3.05) is 27.4 Å². The molecule has 0 radical (unpaired) electrons. The summed E-state index contributed by atoms with van der Waals surface area (Å²) >= 11 is 2.08. The van der Waals surface area contributed by atoms with E-state index in [1.165, 1.54) is 7.11 Å². The molecule has 0 heterocycles. The van der Waals surface area contributed by atoms with Crippen LogP contribution in [0.1, 0.15) is 37.6 Å². The summed E-state index contributed by atoms with van der Waals surface area (Å²) in [6.07, 6.45) is 0.246. The Labute approximate surface area is 168 Å². The Balaban J connectivity index is 2.82. The Morgan fingerprint density at radius 2 is 1.77 bits per heavy atom. The van der Waals surface area contributed by atoms with Gasteiger partial charge in [-0.15, -0.1) is 0 Å². The van der Waals surface area contributed by atoms with Crippen LogP contribution in [0.25, 0.3) is 0 Å². The highest BCUT2D eigenvalue weighted by molar-refractivity contribution is 14.1. The summed E-state index contributed by atoms with van der Waals surface area (Å²) in [5.41, 5.74) is 0.489. The molecule has 1 aromatic carbocycles. The fourth-order valence-electron chi connectivity index (χ4n) is 2.44. The van der Waals surface area contributed by atoms with E-state index in [9.17, 15) is 9.59 Å². The zero-order valence-corrected chi connectivity index (χ0v) is 18.0. The summed E-state index contributed by atoms with van der Waals surface area (Å²) in [6, 6.07) is 3.18. The molecular formula is C18H27IN2O5. The number of benzene rings is 1. The van der Waals surface area contributed by atoms with Gasteiger partial charge in [0.05, 0.1) is 26.4 Å². The number of alkyl carbamates (subject to hydrolysis) is 1. The third-order valence-corrected chi connectivity index (χ3v) is 4.47. The van der Waals surface area contributed by atoms with Crippen LogP contribution in [0.3, 0.4) is 0 Å². The molecule has 2 N–H and O–H groups in total. The average Bonchev–Trinajstić information content (AvgIpc) is 2.58. The van der Waals surface area contributed by atoms with Gasteiger partial charge in [0.2, 0.25) is 0 Å². The lowest BCUT2D eigenvalue weighted by molar-refractivity contribution is 0.0943. The number of halogens is 1. The van der Waals surface area contributed by atoms with E-state index in [0.29, 0.717) is 36.1 Å². The molecule has 0 aliphatic heterocycles. The largest absolute Gasteiger partial charge is 0.493 e. The van der Waals surface area contributed by atoms with E-state index in [0.717, 1.165) is 9.99 Å². The molecule has 0 aromatic heterocycles. The van der Waals surface area contributed by atoms with E-state index in [-0.39, 0.29) is 11.9 Å². The number of carbonyl (C=O) groups excluding carboxylic acids is 2. The number of rotatable bonds is 9. The van der Waals surface area contributed by atoms with Gasteiger partial charge >= 0.3 is 6.09 Å².